The third kappa shape index (κ3) is 4.46. The van der Waals surface area contributed by atoms with Gasteiger partial charge in [0.05, 0.1) is 6.04 Å². The summed E-state index contributed by atoms with van der Waals surface area (Å²) in [5.74, 6) is -0.661. The quantitative estimate of drug-likeness (QED) is 0.646. The normalized spacial score (nSPS) is 12.1. The summed E-state index contributed by atoms with van der Waals surface area (Å²) in [5, 5.41) is 7.20. The minimum absolute atomic E-state index is 0.0776. The molecule has 1 amide bonds. The van der Waals surface area contributed by atoms with E-state index in [2.05, 4.69) is 41.3 Å². The highest BCUT2D eigenvalue weighted by Crippen LogP contribution is 2.19. The van der Waals surface area contributed by atoms with E-state index in [0.717, 1.165) is 18.7 Å². The van der Waals surface area contributed by atoms with Gasteiger partial charge in [-0.1, -0.05) is 56.3 Å². The van der Waals surface area contributed by atoms with Gasteiger partial charge < -0.3 is 5.32 Å². The summed E-state index contributed by atoms with van der Waals surface area (Å²) >= 11 is 0. The third-order valence-electron chi connectivity index (χ3n) is 4.81. The van der Waals surface area contributed by atoms with Crippen LogP contribution in [-0.2, 0) is 0 Å². The third-order valence-corrected chi connectivity index (χ3v) is 4.81. The molecule has 5 nitrogen and oxygen atoms in total. The van der Waals surface area contributed by atoms with Crippen LogP contribution in [0.15, 0.2) is 66.9 Å². The van der Waals surface area contributed by atoms with Crippen LogP contribution in [0.1, 0.15) is 35.9 Å². The fraction of sp³-hybridized carbons (Fsp3) is 0.273. The van der Waals surface area contributed by atoms with Crippen molar-refractivity contribution in [2.45, 2.75) is 19.9 Å². The molecule has 1 unspecified atom stereocenters. The van der Waals surface area contributed by atoms with E-state index in [1.807, 2.05) is 18.2 Å². The predicted molar refractivity (Wildman–Crippen MR) is 108 cm³/mol. The molecule has 3 aromatic rings. The van der Waals surface area contributed by atoms with Gasteiger partial charge in [-0.15, -0.1) is 0 Å². The van der Waals surface area contributed by atoms with E-state index < -0.39 is 0 Å². The average molecular weight is 380 g/mol. The van der Waals surface area contributed by atoms with Gasteiger partial charge in [0, 0.05) is 12.7 Å². The molecule has 0 bridgehead atoms. The Morgan fingerprint density at radius 2 is 1.75 bits per heavy atom. The predicted octanol–water partition coefficient (Wildman–Crippen LogP) is 3.82. The zero-order chi connectivity index (χ0) is 19.9. The van der Waals surface area contributed by atoms with Gasteiger partial charge in [0.25, 0.3) is 5.91 Å². The van der Waals surface area contributed by atoms with Crippen LogP contribution < -0.4 is 5.32 Å². The fourth-order valence-electron chi connectivity index (χ4n) is 3.29. The molecule has 1 heterocycles. The van der Waals surface area contributed by atoms with E-state index in [1.165, 1.54) is 10.7 Å². The Kier molecular flexibility index (Phi) is 6.55. The number of carbonyl (C=O) groups is 1. The van der Waals surface area contributed by atoms with Crippen LogP contribution in [0.25, 0.3) is 5.69 Å². The Hall–Kier alpha value is -2.99. The van der Waals surface area contributed by atoms with Crippen LogP contribution in [0.2, 0.25) is 0 Å². The number of likely N-dealkylation sites (N-methyl/N-ethyl adjacent to an activating group) is 1. The van der Waals surface area contributed by atoms with Crippen LogP contribution >= 0.6 is 0 Å². The number of benzene rings is 2. The van der Waals surface area contributed by atoms with Gasteiger partial charge in [0.1, 0.15) is 11.5 Å². The Balaban J connectivity index is 1.72. The van der Waals surface area contributed by atoms with Crippen LogP contribution in [-0.4, -0.2) is 40.2 Å². The van der Waals surface area contributed by atoms with Crippen LogP contribution in [0.4, 0.5) is 4.39 Å². The topological polar surface area (TPSA) is 50.2 Å². The van der Waals surface area contributed by atoms with Crippen molar-refractivity contribution in [3.8, 4) is 5.69 Å². The molecule has 1 atom stereocenters. The summed E-state index contributed by atoms with van der Waals surface area (Å²) in [6, 6.07) is 18.1. The molecule has 1 N–H and O–H groups in total. The summed E-state index contributed by atoms with van der Waals surface area (Å²) in [5.41, 5.74) is 1.73. The lowest BCUT2D eigenvalue weighted by Gasteiger charge is -2.30. The van der Waals surface area contributed by atoms with Crippen LogP contribution in [0.5, 0.6) is 0 Å². The first kappa shape index (κ1) is 19.8. The first-order valence-corrected chi connectivity index (χ1v) is 9.51. The van der Waals surface area contributed by atoms with E-state index in [1.54, 1.807) is 30.5 Å². The lowest BCUT2D eigenvalue weighted by atomic mass is 10.1. The number of carbonyl (C=O) groups excluding carboxylic acids is 1. The molecule has 0 saturated heterocycles. The van der Waals surface area contributed by atoms with Crippen LogP contribution in [0, 0.1) is 5.82 Å². The van der Waals surface area contributed by atoms with Gasteiger partial charge >= 0.3 is 0 Å². The van der Waals surface area contributed by atoms with Gasteiger partial charge in [-0.3, -0.25) is 9.69 Å². The van der Waals surface area contributed by atoms with E-state index in [-0.39, 0.29) is 23.5 Å². The molecule has 28 heavy (non-hydrogen) atoms. The van der Waals surface area contributed by atoms with Crippen molar-refractivity contribution in [1.29, 1.82) is 0 Å². The molecule has 1 aromatic heterocycles. The standard InChI is InChI=1S/C22H25FN4O/c1-3-26(4-2)21(17-10-6-5-7-11-17)16-24-22(28)19-14-15-27(25-19)20-13-9-8-12-18(20)23/h5-15,21H,3-4,16H2,1-2H3,(H,24,28). The number of para-hydroxylation sites is 1. The molecule has 146 valence electrons. The number of nitrogens with one attached hydrogen (secondary N) is 1. The van der Waals surface area contributed by atoms with Crippen molar-refractivity contribution in [2.75, 3.05) is 19.6 Å². The van der Waals surface area contributed by atoms with Crippen molar-refractivity contribution < 1.29 is 9.18 Å². The largest absolute Gasteiger partial charge is 0.349 e. The molecule has 3 rings (SSSR count). The van der Waals surface area contributed by atoms with Crippen molar-refractivity contribution >= 4 is 5.91 Å². The van der Waals surface area contributed by atoms with Gasteiger partial charge in [-0.25, -0.2) is 9.07 Å². The zero-order valence-corrected chi connectivity index (χ0v) is 16.2. The minimum atomic E-state index is -0.386. The van der Waals surface area contributed by atoms with Crippen molar-refractivity contribution in [3.63, 3.8) is 0 Å². The maximum Gasteiger partial charge on any atom is 0.271 e. The Bertz CT molecular complexity index is 906. The van der Waals surface area contributed by atoms with E-state index >= 15 is 0 Å². The maximum absolute atomic E-state index is 13.9. The molecule has 0 spiro atoms. The smallest absolute Gasteiger partial charge is 0.271 e. The van der Waals surface area contributed by atoms with E-state index in [0.29, 0.717) is 12.2 Å². The second-order valence-corrected chi connectivity index (χ2v) is 6.45. The Labute approximate surface area is 164 Å². The number of amides is 1. The lowest BCUT2D eigenvalue weighted by Crippen LogP contribution is -2.38. The fourth-order valence-corrected chi connectivity index (χ4v) is 3.29. The van der Waals surface area contributed by atoms with Crippen molar-refractivity contribution in [1.82, 2.24) is 20.0 Å². The van der Waals surface area contributed by atoms with Crippen molar-refractivity contribution in [2.24, 2.45) is 0 Å². The summed E-state index contributed by atoms with van der Waals surface area (Å²) in [6.07, 6.45) is 1.59. The van der Waals surface area contributed by atoms with Crippen molar-refractivity contribution in [3.05, 3.63) is 83.9 Å². The molecule has 0 saturated carbocycles. The lowest BCUT2D eigenvalue weighted by molar-refractivity contribution is 0.0929. The number of rotatable bonds is 8. The van der Waals surface area contributed by atoms with Gasteiger partial charge in [-0.05, 0) is 36.9 Å². The molecule has 0 radical (unpaired) electrons. The summed E-state index contributed by atoms with van der Waals surface area (Å²) in [6.45, 7) is 6.45. The minimum Gasteiger partial charge on any atom is -0.349 e. The summed E-state index contributed by atoms with van der Waals surface area (Å²) in [7, 11) is 0. The monoisotopic (exact) mass is 380 g/mol. The molecule has 2 aromatic carbocycles. The molecule has 0 aliphatic carbocycles. The molecule has 0 aliphatic rings. The SMILES string of the molecule is CCN(CC)C(CNC(=O)c1ccn(-c2ccccc2F)n1)c1ccccc1. The zero-order valence-electron chi connectivity index (χ0n) is 16.2. The first-order chi connectivity index (χ1) is 13.6. The summed E-state index contributed by atoms with van der Waals surface area (Å²) in [4.78, 5) is 14.9. The average Bonchev–Trinajstić information content (AvgIpc) is 3.22. The highest BCUT2D eigenvalue weighted by molar-refractivity contribution is 5.92. The number of hydrogen-bond donors (Lipinski definition) is 1. The second-order valence-electron chi connectivity index (χ2n) is 6.45. The second kappa shape index (κ2) is 9.28. The number of nitrogens with zero attached hydrogens (tertiary/aromatic N) is 3. The highest BCUT2D eigenvalue weighted by Gasteiger charge is 2.20. The van der Waals surface area contributed by atoms with Gasteiger partial charge in [0.2, 0.25) is 0 Å². The Morgan fingerprint density at radius 3 is 2.43 bits per heavy atom. The van der Waals surface area contributed by atoms with E-state index in [9.17, 15) is 9.18 Å². The first-order valence-electron chi connectivity index (χ1n) is 9.51. The molecule has 6 heteroatoms. The Morgan fingerprint density at radius 1 is 1.07 bits per heavy atom. The maximum atomic E-state index is 13.9. The van der Waals surface area contributed by atoms with Gasteiger partial charge in [-0.2, -0.15) is 5.10 Å². The molecule has 0 fully saturated rings. The molecular formula is C22H25FN4O. The number of aromatic nitrogens is 2. The van der Waals surface area contributed by atoms with Gasteiger partial charge in [0.15, 0.2) is 5.69 Å². The van der Waals surface area contributed by atoms with E-state index in [4.69, 9.17) is 0 Å². The molecule has 0 aliphatic heterocycles. The number of hydrogen-bond acceptors (Lipinski definition) is 3. The highest BCUT2D eigenvalue weighted by atomic mass is 19.1. The number of halogens is 1. The van der Waals surface area contributed by atoms with Crippen LogP contribution in [0.3, 0.4) is 0 Å². The summed E-state index contributed by atoms with van der Waals surface area (Å²) < 4.78 is 15.3. The molecular weight excluding hydrogens is 355 g/mol.